The number of nitrogens with zero attached hydrogens (tertiary/aromatic N) is 4. The van der Waals surface area contributed by atoms with Crippen molar-refractivity contribution >= 4 is 23.1 Å². The van der Waals surface area contributed by atoms with E-state index in [0.717, 1.165) is 0 Å². The lowest BCUT2D eigenvalue weighted by molar-refractivity contribution is 0.102. The third-order valence-electron chi connectivity index (χ3n) is 4.78. The molecule has 1 aliphatic heterocycles. The van der Waals surface area contributed by atoms with E-state index in [1.165, 1.54) is 36.7 Å². The number of carbonyl (C=O) groups excluding carboxylic acids is 1. The number of hydrogen-bond acceptors (Lipinski definition) is 5. The molecule has 1 amide bonds. The van der Waals surface area contributed by atoms with Gasteiger partial charge in [-0.1, -0.05) is 12.1 Å². The predicted octanol–water partition coefficient (Wildman–Crippen LogP) is 3.33. The second-order valence-electron chi connectivity index (χ2n) is 6.65. The van der Waals surface area contributed by atoms with Crippen molar-refractivity contribution < 1.29 is 13.6 Å². The molecule has 29 heavy (non-hydrogen) atoms. The van der Waals surface area contributed by atoms with E-state index in [-0.39, 0.29) is 17.3 Å². The fraction of sp³-hybridized carbons (Fsp3) is 0.190. The van der Waals surface area contributed by atoms with Crippen molar-refractivity contribution in [3.8, 4) is 0 Å². The molecular formula is C21H19F2N5O. The maximum absolute atomic E-state index is 14.0. The van der Waals surface area contributed by atoms with Crippen LogP contribution < -0.4 is 15.1 Å². The molecule has 8 heteroatoms. The Balaban J connectivity index is 1.42. The van der Waals surface area contributed by atoms with Crippen LogP contribution in [0.3, 0.4) is 0 Å². The first-order valence-electron chi connectivity index (χ1n) is 9.23. The number of nitrogens with one attached hydrogen (secondary N) is 1. The van der Waals surface area contributed by atoms with Crippen LogP contribution in [-0.4, -0.2) is 42.1 Å². The number of para-hydroxylation sites is 1. The zero-order valence-corrected chi connectivity index (χ0v) is 15.6. The molecule has 0 aliphatic carbocycles. The quantitative estimate of drug-likeness (QED) is 0.734. The lowest BCUT2D eigenvalue weighted by atomic mass is 10.2. The Bertz CT molecular complexity index is 1000. The highest BCUT2D eigenvalue weighted by Crippen LogP contribution is 2.22. The molecule has 0 saturated carbocycles. The molecule has 0 atom stereocenters. The van der Waals surface area contributed by atoms with Gasteiger partial charge in [-0.05, 0) is 36.4 Å². The average molecular weight is 395 g/mol. The number of hydrogen-bond donors (Lipinski definition) is 1. The van der Waals surface area contributed by atoms with Gasteiger partial charge in [0.05, 0.1) is 5.69 Å². The fourth-order valence-electron chi connectivity index (χ4n) is 3.26. The van der Waals surface area contributed by atoms with E-state index in [0.29, 0.717) is 43.4 Å². The van der Waals surface area contributed by atoms with Crippen LogP contribution in [0.15, 0.2) is 60.9 Å². The maximum Gasteiger partial charge on any atom is 0.274 e. The molecule has 2 heterocycles. The highest BCUT2D eigenvalue weighted by atomic mass is 19.1. The zero-order chi connectivity index (χ0) is 20.2. The first-order valence-corrected chi connectivity index (χ1v) is 9.23. The van der Waals surface area contributed by atoms with Crippen molar-refractivity contribution in [1.29, 1.82) is 0 Å². The summed E-state index contributed by atoms with van der Waals surface area (Å²) in [5, 5.41) is 2.69. The van der Waals surface area contributed by atoms with Gasteiger partial charge < -0.3 is 15.1 Å². The fourth-order valence-corrected chi connectivity index (χ4v) is 3.26. The molecule has 1 saturated heterocycles. The Labute approximate surface area is 166 Å². The van der Waals surface area contributed by atoms with E-state index in [1.54, 1.807) is 18.2 Å². The lowest BCUT2D eigenvalue weighted by Crippen LogP contribution is -2.47. The van der Waals surface area contributed by atoms with Crippen molar-refractivity contribution in [2.24, 2.45) is 0 Å². The summed E-state index contributed by atoms with van der Waals surface area (Å²) >= 11 is 0. The van der Waals surface area contributed by atoms with E-state index in [9.17, 15) is 13.6 Å². The van der Waals surface area contributed by atoms with Crippen LogP contribution in [0.1, 0.15) is 10.5 Å². The van der Waals surface area contributed by atoms with Gasteiger partial charge in [-0.15, -0.1) is 0 Å². The second kappa shape index (κ2) is 8.22. The molecule has 148 valence electrons. The second-order valence-corrected chi connectivity index (χ2v) is 6.65. The summed E-state index contributed by atoms with van der Waals surface area (Å²) in [4.78, 5) is 24.8. The smallest absolute Gasteiger partial charge is 0.274 e. The Hall–Kier alpha value is -3.55. The first kappa shape index (κ1) is 18.8. The molecular weight excluding hydrogens is 376 g/mol. The van der Waals surface area contributed by atoms with Gasteiger partial charge in [-0.3, -0.25) is 4.79 Å². The molecule has 3 aromatic rings. The normalized spacial score (nSPS) is 14.0. The third-order valence-corrected chi connectivity index (χ3v) is 4.78. The molecule has 0 spiro atoms. The molecule has 4 rings (SSSR count). The minimum atomic E-state index is -0.398. The summed E-state index contributed by atoms with van der Waals surface area (Å²) in [5.41, 5.74) is 1.29. The standard InChI is InChI=1S/C21H19F2N5O/c22-15-5-7-16(8-6-15)26-21(29)18-13-20(25-14-24-18)28-11-9-27(10-12-28)19-4-2-1-3-17(19)23/h1-8,13-14H,9-12H2,(H,26,29). The van der Waals surface area contributed by atoms with Gasteiger partial charge in [0.25, 0.3) is 5.91 Å². The number of benzene rings is 2. The van der Waals surface area contributed by atoms with E-state index in [1.807, 2.05) is 15.9 Å². The van der Waals surface area contributed by atoms with Gasteiger partial charge in [-0.25, -0.2) is 18.7 Å². The van der Waals surface area contributed by atoms with Gasteiger partial charge in [0.1, 0.15) is 29.5 Å². The Morgan fingerprint density at radius 1 is 0.897 bits per heavy atom. The van der Waals surface area contributed by atoms with Crippen LogP contribution in [-0.2, 0) is 0 Å². The van der Waals surface area contributed by atoms with Gasteiger partial charge in [0.15, 0.2) is 0 Å². The van der Waals surface area contributed by atoms with Crippen molar-refractivity contribution in [3.05, 3.63) is 78.3 Å². The molecule has 0 bridgehead atoms. The Morgan fingerprint density at radius 3 is 2.31 bits per heavy atom. The van der Waals surface area contributed by atoms with Gasteiger partial charge in [0, 0.05) is 37.9 Å². The highest BCUT2D eigenvalue weighted by Gasteiger charge is 2.21. The number of amides is 1. The van der Waals surface area contributed by atoms with Crippen LogP contribution in [0.2, 0.25) is 0 Å². The minimum absolute atomic E-state index is 0.218. The van der Waals surface area contributed by atoms with Crippen LogP contribution in [0.25, 0.3) is 0 Å². The molecule has 6 nitrogen and oxygen atoms in total. The molecule has 1 fully saturated rings. The number of piperazine rings is 1. The average Bonchev–Trinajstić information content (AvgIpc) is 2.76. The van der Waals surface area contributed by atoms with Crippen LogP contribution >= 0.6 is 0 Å². The van der Waals surface area contributed by atoms with E-state index in [4.69, 9.17) is 0 Å². The SMILES string of the molecule is O=C(Nc1ccc(F)cc1)c1cc(N2CCN(c3ccccc3F)CC2)ncn1. The van der Waals surface area contributed by atoms with Gasteiger partial charge >= 0.3 is 0 Å². The molecule has 0 unspecified atom stereocenters. The molecule has 1 aromatic heterocycles. The predicted molar refractivity (Wildman–Crippen MR) is 107 cm³/mol. The van der Waals surface area contributed by atoms with E-state index >= 15 is 0 Å². The number of rotatable bonds is 4. The molecule has 0 radical (unpaired) electrons. The van der Waals surface area contributed by atoms with E-state index < -0.39 is 5.91 Å². The number of halogens is 2. The highest BCUT2D eigenvalue weighted by molar-refractivity contribution is 6.03. The van der Waals surface area contributed by atoms with Crippen molar-refractivity contribution in [2.45, 2.75) is 0 Å². The van der Waals surface area contributed by atoms with Crippen molar-refractivity contribution in [2.75, 3.05) is 41.3 Å². The molecule has 1 N–H and O–H groups in total. The minimum Gasteiger partial charge on any atom is -0.366 e. The van der Waals surface area contributed by atoms with Crippen LogP contribution in [0, 0.1) is 11.6 Å². The summed E-state index contributed by atoms with van der Waals surface area (Å²) in [6.45, 7) is 2.57. The maximum atomic E-state index is 14.0. The largest absolute Gasteiger partial charge is 0.366 e. The Morgan fingerprint density at radius 2 is 1.59 bits per heavy atom. The topological polar surface area (TPSA) is 61.4 Å². The molecule has 1 aliphatic rings. The number of aromatic nitrogens is 2. The summed E-state index contributed by atoms with van der Waals surface area (Å²) in [5.74, 6) is -0.368. The Kier molecular flexibility index (Phi) is 5.33. The lowest BCUT2D eigenvalue weighted by Gasteiger charge is -2.36. The van der Waals surface area contributed by atoms with Crippen LogP contribution in [0.5, 0.6) is 0 Å². The van der Waals surface area contributed by atoms with Crippen molar-refractivity contribution in [3.63, 3.8) is 0 Å². The summed E-state index contributed by atoms with van der Waals surface area (Å²) in [6, 6.07) is 13.9. The monoisotopic (exact) mass is 395 g/mol. The summed E-state index contributed by atoms with van der Waals surface area (Å²) in [7, 11) is 0. The van der Waals surface area contributed by atoms with Crippen LogP contribution in [0.4, 0.5) is 26.0 Å². The number of anilines is 3. The molecule has 2 aromatic carbocycles. The third kappa shape index (κ3) is 4.31. The van der Waals surface area contributed by atoms with Crippen molar-refractivity contribution in [1.82, 2.24) is 9.97 Å². The van der Waals surface area contributed by atoms with Gasteiger partial charge in [-0.2, -0.15) is 0 Å². The van der Waals surface area contributed by atoms with E-state index in [2.05, 4.69) is 15.3 Å². The number of carbonyl (C=O) groups is 1. The van der Waals surface area contributed by atoms with Gasteiger partial charge in [0.2, 0.25) is 0 Å². The first-order chi connectivity index (χ1) is 14.1. The zero-order valence-electron chi connectivity index (χ0n) is 15.6. The summed E-state index contributed by atoms with van der Waals surface area (Å²) in [6.07, 6.45) is 1.35. The summed E-state index contributed by atoms with van der Waals surface area (Å²) < 4.78 is 27.0.